The zero-order chi connectivity index (χ0) is 11.6. The summed E-state index contributed by atoms with van der Waals surface area (Å²) in [6.07, 6.45) is 7.73. The Kier molecular flexibility index (Phi) is 15.8. The van der Waals surface area contributed by atoms with Crippen molar-refractivity contribution in [1.29, 1.82) is 0 Å². The van der Waals surface area contributed by atoms with Crippen molar-refractivity contribution in [1.82, 2.24) is 0 Å². The van der Waals surface area contributed by atoms with Crippen molar-refractivity contribution < 1.29 is 0 Å². The first-order valence-electron chi connectivity index (χ1n) is 4.42. The molecular formula is C15H24. The first kappa shape index (κ1) is 19.1. The van der Waals surface area contributed by atoms with Gasteiger partial charge in [-0.2, -0.15) is 0 Å². The third-order valence-electron chi connectivity index (χ3n) is 1.35. The molecule has 0 bridgehead atoms. The Morgan fingerprint density at radius 2 is 1.27 bits per heavy atom. The van der Waals surface area contributed by atoms with Crippen LogP contribution < -0.4 is 0 Å². The number of hydrogen-bond donors (Lipinski definition) is 0. The second-order valence-corrected chi connectivity index (χ2v) is 2.73. The third-order valence-corrected chi connectivity index (χ3v) is 1.35. The maximum atomic E-state index is 3.87. The lowest BCUT2D eigenvalue weighted by Crippen LogP contribution is -1.77. The van der Waals surface area contributed by atoms with E-state index in [0.717, 1.165) is 16.7 Å². The van der Waals surface area contributed by atoms with E-state index in [1.54, 1.807) is 0 Å². The molecule has 0 spiro atoms. The Morgan fingerprint density at radius 1 is 0.867 bits per heavy atom. The molecule has 0 saturated heterocycles. The van der Waals surface area contributed by atoms with Crippen LogP contribution in [0.25, 0.3) is 0 Å². The van der Waals surface area contributed by atoms with Gasteiger partial charge < -0.3 is 0 Å². The monoisotopic (exact) mass is 204 g/mol. The van der Waals surface area contributed by atoms with Crippen LogP contribution in [-0.2, 0) is 0 Å². The topological polar surface area (TPSA) is 0 Å². The van der Waals surface area contributed by atoms with E-state index in [-0.39, 0.29) is 7.43 Å². The molecule has 0 unspecified atom stereocenters. The van der Waals surface area contributed by atoms with Crippen LogP contribution in [0.3, 0.4) is 0 Å². The van der Waals surface area contributed by atoms with Crippen LogP contribution in [-0.4, -0.2) is 0 Å². The van der Waals surface area contributed by atoms with Gasteiger partial charge in [-0.1, -0.05) is 57.0 Å². The molecule has 0 aliphatic rings. The van der Waals surface area contributed by atoms with Crippen LogP contribution in [0.2, 0.25) is 0 Å². The van der Waals surface area contributed by atoms with Crippen LogP contribution in [0.5, 0.6) is 0 Å². The van der Waals surface area contributed by atoms with Crippen LogP contribution in [0.15, 0.2) is 73.9 Å². The van der Waals surface area contributed by atoms with Crippen LogP contribution in [0, 0.1) is 0 Å². The number of rotatable bonds is 4. The van der Waals surface area contributed by atoms with Crippen LogP contribution in [0.4, 0.5) is 0 Å². The summed E-state index contributed by atoms with van der Waals surface area (Å²) in [5.41, 5.74) is 2.88. The molecule has 0 aromatic rings. The summed E-state index contributed by atoms with van der Waals surface area (Å²) >= 11 is 0. The van der Waals surface area contributed by atoms with Crippen molar-refractivity contribution >= 4 is 0 Å². The van der Waals surface area contributed by atoms with Gasteiger partial charge in [0.2, 0.25) is 0 Å². The van der Waals surface area contributed by atoms with Gasteiger partial charge in [0.25, 0.3) is 0 Å². The lowest BCUT2D eigenvalue weighted by Gasteiger charge is -1.97. The summed E-state index contributed by atoms with van der Waals surface area (Å²) in [5.74, 6) is 0. The molecule has 0 saturated carbocycles. The van der Waals surface area contributed by atoms with Gasteiger partial charge in [0.1, 0.15) is 0 Å². The molecule has 0 aliphatic heterocycles. The molecule has 0 atom stereocenters. The predicted octanol–water partition coefficient (Wildman–Crippen LogP) is 5.25. The summed E-state index contributed by atoms with van der Waals surface area (Å²) in [4.78, 5) is 0. The minimum absolute atomic E-state index is 0. The molecule has 0 rings (SSSR count). The quantitative estimate of drug-likeness (QED) is 0.433. The van der Waals surface area contributed by atoms with Crippen LogP contribution >= 0.6 is 0 Å². The molecule has 0 aromatic heterocycles. The normalized spacial score (nSPS) is 8.93. The average Bonchev–Trinajstić information content (AvgIpc) is 2.17. The molecule has 0 amide bonds. The standard InChI is InChI=1S/C12H16.C2H4.CH4/c1-6-7-11(4)12(5)9-8-10(2)3;1-2;/h6-9H,2,4-5H2,1,3H3;1-2H2;1H4/b7-6-,9-8-;;. The lowest BCUT2D eigenvalue weighted by atomic mass is 10.1. The third kappa shape index (κ3) is 12.4. The van der Waals surface area contributed by atoms with Gasteiger partial charge in [0, 0.05) is 0 Å². The molecule has 0 aliphatic carbocycles. The SMILES string of the molecule is C.C=C.C=C(C)/C=C\C(=C)C(=C)/C=C\C. The Balaban J connectivity index is -0.000000449. The highest BCUT2D eigenvalue weighted by Gasteiger charge is 1.89. The molecule has 0 fully saturated rings. The molecule has 0 radical (unpaired) electrons. The zero-order valence-corrected chi connectivity index (χ0v) is 9.34. The van der Waals surface area contributed by atoms with Crippen molar-refractivity contribution in [3.8, 4) is 0 Å². The highest BCUT2D eigenvalue weighted by Crippen LogP contribution is 2.09. The number of allylic oxidation sites excluding steroid dienone is 7. The Morgan fingerprint density at radius 3 is 1.60 bits per heavy atom. The number of hydrogen-bond acceptors (Lipinski definition) is 0. The van der Waals surface area contributed by atoms with Gasteiger partial charge in [-0.3, -0.25) is 0 Å². The Hall–Kier alpha value is -1.56. The second kappa shape index (κ2) is 12.4. The van der Waals surface area contributed by atoms with E-state index in [2.05, 4.69) is 32.9 Å². The largest absolute Gasteiger partial charge is 0.106 e. The molecule has 84 valence electrons. The average molecular weight is 204 g/mol. The smallest absolute Gasteiger partial charge is 0.0262 e. The summed E-state index contributed by atoms with van der Waals surface area (Å²) in [6, 6.07) is 0. The first-order chi connectivity index (χ1) is 6.57. The molecule has 0 N–H and O–H groups in total. The maximum Gasteiger partial charge on any atom is -0.0262 e. The predicted molar refractivity (Wildman–Crippen MR) is 75.0 cm³/mol. The van der Waals surface area contributed by atoms with Gasteiger partial charge in [0.05, 0.1) is 0 Å². The molecule has 0 heterocycles. The Bertz CT molecular complexity index is 262. The van der Waals surface area contributed by atoms with E-state index < -0.39 is 0 Å². The maximum absolute atomic E-state index is 3.87. The van der Waals surface area contributed by atoms with E-state index in [0.29, 0.717) is 0 Å². The summed E-state index contributed by atoms with van der Waals surface area (Å²) in [6.45, 7) is 21.4. The summed E-state index contributed by atoms with van der Waals surface area (Å²) < 4.78 is 0. The van der Waals surface area contributed by atoms with Gasteiger partial charge >= 0.3 is 0 Å². The van der Waals surface area contributed by atoms with Crippen LogP contribution in [0.1, 0.15) is 21.3 Å². The molecule has 15 heavy (non-hydrogen) atoms. The Labute approximate surface area is 95.7 Å². The van der Waals surface area contributed by atoms with E-state index >= 15 is 0 Å². The van der Waals surface area contributed by atoms with Crippen molar-refractivity contribution in [2.24, 2.45) is 0 Å². The summed E-state index contributed by atoms with van der Waals surface area (Å²) in [7, 11) is 0. The fourth-order valence-electron chi connectivity index (χ4n) is 0.658. The van der Waals surface area contributed by atoms with Gasteiger partial charge in [-0.05, 0) is 25.0 Å². The second-order valence-electron chi connectivity index (χ2n) is 2.73. The van der Waals surface area contributed by atoms with Crippen molar-refractivity contribution in [3.63, 3.8) is 0 Å². The van der Waals surface area contributed by atoms with Crippen molar-refractivity contribution in [3.05, 3.63) is 73.9 Å². The van der Waals surface area contributed by atoms with Gasteiger partial charge in [0.15, 0.2) is 0 Å². The van der Waals surface area contributed by atoms with E-state index in [1.807, 2.05) is 38.2 Å². The summed E-state index contributed by atoms with van der Waals surface area (Å²) in [5, 5.41) is 0. The highest BCUT2D eigenvalue weighted by molar-refractivity contribution is 5.43. The lowest BCUT2D eigenvalue weighted by molar-refractivity contribution is 1.52. The fourth-order valence-corrected chi connectivity index (χ4v) is 0.658. The van der Waals surface area contributed by atoms with Crippen molar-refractivity contribution in [2.45, 2.75) is 21.3 Å². The fraction of sp³-hybridized carbons (Fsp3) is 0.200. The minimum atomic E-state index is 0. The molecule has 0 nitrogen and oxygen atoms in total. The minimum Gasteiger partial charge on any atom is -0.106 e. The molecule has 0 aromatic carbocycles. The molecular weight excluding hydrogens is 180 g/mol. The van der Waals surface area contributed by atoms with Crippen molar-refractivity contribution in [2.75, 3.05) is 0 Å². The first-order valence-corrected chi connectivity index (χ1v) is 4.42. The van der Waals surface area contributed by atoms with E-state index in [4.69, 9.17) is 0 Å². The van der Waals surface area contributed by atoms with E-state index in [9.17, 15) is 0 Å². The molecule has 0 heteroatoms. The zero-order valence-electron chi connectivity index (χ0n) is 9.34. The van der Waals surface area contributed by atoms with Gasteiger partial charge in [-0.15, -0.1) is 13.2 Å². The van der Waals surface area contributed by atoms with E-state index in [1.165, 1.54) is 0 Å². The highest BCUT2D eigenvalue weighted by atomic mass is 13.9. The van der Waals surface area contributed by atoms with Gasteiger partial charge in [-0.25, -0.2) is 0 Å².